The first kappa shape index (κ1) is 12.7. The minimum Gasteiger partial charge on any atom is -0.273 e. The van der Waals surface area contributed by atoms with Gasteiger partial charge in [0.05, 0.1) is 0 Å². The fourth-order valence-corrected chi connectivity index (χ4v) is 1.20. The molecule has 0 aliphatic rings. The Morgan fingerprint density at radius 2 is 1.10 bits per heavy atom. The zero-order chi connectivity index (χ0) is 7.71. The van der Waals surface area contributed by atoms with Gasteiger partial charge in [0, 0.05) is 0 Å². The summed E-state index contributed by atoms with van der Waals surface area (Å²) in [5, 5.41) is 0. The summed E-state index contributed by atoms with van der Waals surface area (Å²) in [4.78, 5) is 0. The smallest absolute Gasteiger partial charge is 0.273 e. The first-order chi connectivity index (χ1) is 3.71. The van der Waals surface area contributed by atoms with Gasteiger partial charge >= 0.3 is 20.6 Å². The van der Waals surface area contributed by atoms with E-state index in [-0.39, 0.29) is 11.0 Å². The fraction of sp³-hybridized carbons (Fsp3) is 0. The van der Waals surface area contributed by atoms with Crippen LogP contribution < -0.4 is 4.13 Å². The van der Waals surface area contributed by atoms with Crippen LogP contribution in [0.25, 0.3) is 0 Å². The number of hydrogen-bond donors (Lipinski definition) is 3. The van der Waals surface area contributed by atoms with E-state index < -0.39 is 20.6 Å². The van der Waals surface area contributed by atoms with E-state index in [9.17, 15) is 16.8 Å². The Kier molecular flexibility index (Phi) is 4.31. The number of hydrogen-bond acceptors (Lipinski definition) is 4. The molecule has 0 unspecified atom stereocenters. The molecule has 3 N–H and O–H groups in total. The van der Waals surface area contributed by atoms with Crippen molar-refractivity contribution in [3.05, 3.63) is 0 Å². The summed E-state index contributed by atoms with van der Waals surface area (Å²) in [6.07, 6.45) is 0. The van der Waals surface area contributed by atoms with Gasteiger partial charge < -0.3 is 0 Å². The van der Waals surface area contributed by atoms with Crippen LogP contribution in [0.3, 0.4) is 0 Å². The molecule has 0 aliphatic heterocycles. The van der Waals surface area contributed by atoms with Crippen LogP contribution >= 0.6 is 0 Å². The molecule has 10 heavy (non-hydrogen) atoms. The molecule has 0 aromatic heterocycles. The molecule has 10 heteroatoms. The zero-order valence-electron chi connectivity index (χ0n) is 3.84. The Bertz CT molecular complexity index is 241. The second kappa shape index (κ2) is 3.41. The van der Waals surface area contributed by atoms with Crippen LogP contribution in [0.5, 0.6) is 0 Å². The average molecular weight is 209 g/mol. The van der Waals surface area contributed by atoms with Crippen molar-refractivity contribution in [2.75, 3.05) is 0 Å². The molecule has 0 saturated heterocycles. The Labute approximate surface area is 62.2 Å². The van der Waals surface area contributed by atoms with Crippen LogP contribution in [0.2, 0.25) is 0 Å². The topological polar surface area (TPSA) is 121 Å². The minimum absolute atomic E-state index is 0. The van der Waals surface area contributed by atoms with Crippen molar-refractivity contribution in [1.82, 2.24) is 4.13 Å². The Morgan fingerprint density at radius 1 is 0.900 bits per heavy atom. The van der Waals surface area contributed by atoms with Gasteiger partial charge in [0.1, 0.15) is 0 Å². The van der Waals surface area contributed by atoms with Gasteiger partial charge in [-0.1, -0.05) is 4.13 Å². The van der Waals surface area contributed by atoms with E-state index in [1.165, 1.54) is 0 Å². The highest BCUT2D eigenvalue weighted by Gasteiger charge is 2.12. The molecule has 0 aliphatic carbocycles. The lowest BCUT2D eigenvalue weighted by molar-refractivity contribution is 0.456. The summed E-state index contributed by atoms with van der Waals surface area (Å²) in [6, 6.07) is 0. The molecule has 0 aromatic rings. The summed E-state index contributed by atoms with van der Waals surface area (Å²) >= 11 is 0. The molecular weight excluding hydrogens is 202 g/mol. The van der Waals surface area contributed by atoms with E-state index in [2.05, 4.69) is 0 Å². The summed E-state index contributed by atoms with van der Waals surface area (Å²) in [5.41, 5.74) is 0. The van der Waals surface area contributed by atoms with Gasteiger partial charge in [-0.25, -0.2) is 0 Å². The predicted octanol–water partition coefficient (Wildman–Crippen LogP) is -3.27. The van der Waals surface area contributed by atoms with E-state index >= 15 is 0 Å². The van der Waals surface area contributed by atoms with E-state index in [1.807, 2.05) is 0 Å². The van der Waals surface area contributed by atoms with Crippen molar-refractivity contribution < 1.29 is 25.9 Å². The SMILES string of the molecule is O=S(=O)(O)NS(=O)(=O)O.[SiH4]. The third-order valence-corrected chi connectivity index (χ3v) is 1.90. The molecule has 0 fully saturated rings. The van der Waals surface area contributed by atoms with E-state index in [0.717, 1.165) is 0 Å². The standard InChI is InChI=1S/H3NO6S2.H4Si/c2-8(3,4)1-9(5,6)7;/h1H,(H,2,3,4)(H,5,6,7);1H4. The third kappa shape index (κ3) is 10.9. The molecule has 0 saturated carbocycles. The number of nitrogens with one attached hydrogen (secondary N) is 1. The van der Waals surface area contributed by atoms with Crippen molar-refractivity contribution in [2.45, 2.75) is 0 Å². The monoisotopic (exact) mass is 209 g/mol. The van der Waals surface area contributed by atoms with Gasteiger partial charge in [-0.3, -0.25) is 9.11 Å². The van der Waals surface area contributed by atoms with Gasteiger partial charge in [-0.2, -0.15) is 16.8 Å². The van der Waals surface area contributed by atoms with Crippen molar-refractivity contribution in [2.24, 2.45) is 0 Å². The molecule has 0 rings (SSSR count). The van der Waals surface area contributed by atoms with Crippen LogP contribution in [-0.2, 0) is 20.6 Å². The average Bonchev–Trinajstić information content (AvgIpc) is 1.14. The second-order valence-corrected chi connectivity index (χ2v) is 3.60. The van der Waals surface area contributed by atoms with Gasteiger partial charge in [0.25, 0.3) is 0 Å². The van der Waals surface area contributed by atoms with Gasteiger partial charge in [0.2, 0.25) is 0 Å². The van der Waals surface area contributed by atoms with E-state index in [1.54, 1.807) is 0 Å². The molecule has 0 spiro atoms. The Balaban J connectivity index is 0. The molecule has 7 nitrogen and oxygen atoms in total. The molecule has 0 amide bonds. The van der Waals surface area contributed by atoms with Crippen LogP contribution in [0.4, 0.5) is 0 Å². The van der Waals surface area contributed by atoms with E-state index in [4.69, 9.17) is 9.11 Å². The Hall–Kier alpha value is -0.00312. The first-order valence-electron chi connectivity index (χ1n) is 1.44. The zero-order valence-corrected chi connectivity index (χ0v) is 5.48. The predicted molar refractivity (Wildman–Crippen MR) is 37.6 cm³/mol. The van der Waals surface area contributed by atoms with Crippen LogP contribution in [0.1, 0.15) is 0 Å². The van der Waals surface area contributed by atoms with Gasteiger partial charge in [-0.05, 0) is 11.0 Å². The summed E-state index contributed by atoms with van der Waals surface area (Å²) in [6.45, 7) is 0. The fourth-order valence-electron chi connectivity index (χ4n) is 0.133. The summed E-state index contributed by atoms with van der Waals surface area (Å²) in [5.74, 6) is 0. The van der Waals surface area contributed by atoms with Crippen LogP contribution in [0.15, 0.2) is 0 Å². The van der Waals surface area contributed by atoms with Crippen molar-refractivity contribution in [3.63, 3.8) is 0 Å². The van der Waals surface area contributed by atoms with Crippen molar-refractivity contribution in [3.8, 4) is 0 Å². The molecule has 0 radical (unpaired) electrons. The van der Waals surface area contributed by atoms with Gasteiger partial charge in [0.15, 0.2) is 0 Å². The molecular formula is H7NO6S2Si. The van der Waals surface area contributed by atoms with Crippen LogP contribution in [0, 0.1) is 0 Å². The summed E-state index contributed by atoms with van der Waals surface area (Å²) in [7, 11) is -9.74. The second-order valence-electron chi connectivity index (χ2n) is 1.03. The van der Waals surface area contributed by atoms with Gasteiger partial charge in [-0.15, -0.1) is 0 Å². The quantitative estimate of drug-likeness (QED) is 0.324. The lowest BCUT2D eigenvalue weighted by atomic mass is 13.9. The molecule has 0 atom stereocenters. The maximum atomic E-state index is 9.55. The maximum Gasteiger partial charge on any atom is 0.348 e. The molecule has 0 bridgehead atoms. The van der Waals surface area contributed by atoms with Crippen LogP contribution in [-0.4, -0.2) is 36.9 Å². The number of rotatable bonds is 2. The summed E-state index contributed by atoms with van der Waals surface area (Å²) < 4.78 is 54.1. The highest BCUT2D eigenvalue weighted by Crippen LogP contribution is 1.77. The highest BCUT2D eigenvalue weighted by molar-refractivity contribution is 7.99. The lowest BCUT2D eigenvalue weighted by Gasteiger charge is -1.91. The molecule has 0 heterocycles. The van der Waals surface area contributed by atoms with Crippen molar-refractivity contribution in [1.29, 1.82) is 0 Å². The van der Waals surface area contributed by atoms with E-state index in [0.29, 0.717) is 4.13 Å². The minimum atomic E-state index is -4.87. The first-order valence-corrected chi connectivity index (χ1v) is 4.32. The van der Waals surface area contributed by atoms with Crippen molar-refractivity contribution >= 4 is 31.6 Å². The third-order valence-electron chi connectivity index (χ3n) is 0.211. The normalized spacial score (nSPS) is 12.2. The molecule has 0 aromatic carbocycles. The molecule has 64 valence electrons. The lowest BCUT2D eigenvalue weighted by Crippen LogP contribution is -2.28. The Morgan fingerprint density at radius 3 is 1.10 bits per heavy atom. The largest absolute Gasteiger partial charge is 0.348 e. The maximum absolute atomic E-state index is 9.55. The highest BCUT2D eigenvalue weighted by atomic mass is 32.3.